The average molecular weight is 370 g/mol. The number of aliphatic imine (C=N–C) groups is 1. The van der Waals surface area contributed by atoms with E-state index in [2.05, 4.69) is 61.3 Å². The number of hydrogen-bond acceptors (Lipinski definition) is 3. The highest BCUT2D eigenvalue weighted by molar-refractivity contribution is 6.30. The fraction of sp³-hybridized carbons (Fsp3) is 0.409. The molecule has 0 bridgehead atoms. The first-order valence-corrected chi connectivity index (χ1v) is 9.66. The van der Waals surface area contributed by atoms with Gasteiger partial charge in [0.2, 0.25) is 0 Å². The van der Waals surface area contributed by atoms with E-state index in [0.717, 1.165) is 42.6 Å². The molecule has 0 aromatic heterocycles. The summed E-state index contributed by atoms with van der Waals surface area (Å²) in [7, 11) is 0. The van der Waals surface area contributed by atoms with E-state index in [1.54, 1.807) is 0 Å². The molecule has 2 aromatic carbocycles. The van der Waals surface area contributed by atoms with E-state index in [1.165, 1.54) is 5.56 Å². The monoisotopic (exact) mass is 369 g/mol. The number of halogens is 1. The second kappa shape index (κ2) is 8.13. The van der Waals surface area contributed by atoms with Gasteiger partial charge in [0.05, 0.1) is 12.6 Å². The molecule has 0 saturated heterocycles. The summed E-state index contributed by atoms with van der Waals surface area (Å²) in [6.07, 6.45) is 2.14. The van der Waals surface area contributed by atoms with Gasteiger partial charge in [-0.05, 0) is 48.1 Å². The SMILES string of the molecule is CC(C)(C)CCN1C(Nc2ccc(Cl)cc2)=NC[C@@H]1Cc1ccccc1. The molecule has 26 heavy (non-hydrogen) atoms. The van der Waals surface area contributed by atoms with Crippen LogP contribution in [-0.2, 0) is 6.42 Å². The fourth-order valence-corrected chi connectivity index (χ4v) is 3.26. The molecular weight excluding hydrogens is 342 g/mol. The van der Waals surface area contributed by atoms with Crippen molar-refractivity contribution in [3.05, 3.63) is 65.2 Å². The largest absolute Gasteiger partial charge is 0.338 e. The Balaban J connectivity index is 1.73. The summed E-state index contributed by atoms with van der Waals surface area (Å²) >= 11 is 6.00. The van der Waals surface area contributed by atoms with Crippen LogP contribution in [0.15, 0.2) is 59.6 Å². The Morgan fingerprint density at radius 1 is 1.08 bits per heavy atom. The summed E-state index contributed by atoms with van der Waals surface area (Å²) < 4.78 is 0. The van der Waals surface area contributed by atoms with E-state index in [1.807, 2.05) is 24.3 Å². The molecule has 3 rings (SSSR count). The Hall–Kier alpha value is -2.00. The number of benzene rings is 2. The van der Waals surface area contributed by atoms with E-state index < -0.39 is 0 Å². The lowest BCUT2D eigenvalue weighted by molar-refractivity contribution is 0.273. The lowest BCUT2D eigenvalue weighted by Crippen LogP contribution is -2.42. The molecule has 3 nitrogen and oxygen atoms in total. The molecule has 0 radical (unpaired) electrons. The number of nitrogens with zero attached hydrogens (tertiary/aromatic N) is 2. The second-order valence-corrected chi connectivity index (χ2v) is 8.58. The number of rotatable bonds is 5. The van der Waals surface area contributed by atoms with Gasteiger partial charge in [-0.15, -0.1) is 0 Å². The number of nitrogens with one attached hydrogen (secondary N) is 1. The van der Waals surface area contributed by atoms with Gasteiger partial charge in [-0.2, -0.15) is 0 Å². The first kappa shape index (κ1) is 18.8. The third-order valence-electron chi connectivity index (χ3n) is 4.68. The highest BCUT2D eigenvalue weighted by Gasteiger charge is 2.29. The molecule has 1 heterocycles. The van der Waals surface area contributed by atoms with Crippen molar-refractivity contribution in [2.75, 3.05) is 18.4 Å². The van der Waals surface area contributed by atoms with Crippen LogP contribution in [0.25, 0.3) is 0 Å². The van der Waals surface area contributed by atoms with Crippen LogP contribution in [0.4, 0.5) is 5.69 Å². The van der Waals surface area contributed by atoms with Gasteiger partial charge in [-0.25, -0.2) is 0 Å². The molecule has 1 N–H and O–H groups in total. The van der Waals surface area contributed by atoms with Gasteiger partial charge in [0.1, 0.15) is 0 Å². The van der Waals surface area contributed by atoms with Crippen LogP contribution in [0.3, 0.4) is 0 Å². The van der Waals surface area contributed by atoms with Crippen LogP contribution < -0.4 is 5.32 Å². The van der Waals surface area contributed by atoms with E-state index in [4.69, 9.17) is 16.6 Å². The highest BCUT2D eigenvalue weighted by atomic mass is 35.5. The van der Waals surface area contributed by atoms with Crippen LogP contribution in [0, 0.1) is 5.41 Å². The third-order valence-corrected chi connectivity index (χ3v) is 4.93. The Kier molecular flexibility index (Phi) is 5.87. The van der Waals surface area contributed by atoms with Gasteiger partial charge in [0.15, 0.2) is 5.96 Å². The number of hydrogen-bond donors (Lipinski definition) is 1. The van der Waals surface area contributed by atoms with Crippen molar-refractivity contribution in [2.24, 2.45) is 10.4 Å². The normalized spacial score (nSPS) is 17.3. The minimum atomic E-state index is 0.297. The number of guanidine groups is 1. The van der Waals surface area contributed by atoms with Crippen LogP contribution in [0.5, 0.6) is 0 Å². The van der Waals surface area contributed by atoms with Gasteiger partial charge in [0.25, 0.3) is 0 Å². The van der Waals surface area contributed by atoms with Crippen LogP contribution in [0.1, 0.15) is 32.8 Å². The van der Waals surface area contributed by atoms with Crippen molar-refractivity contribution in [3.63, 3.8) is 0 Å². The van der Waals surface area contributed by atoms with E-state index >= 15 is 0 Å². The first-order chi connectivity index (χ1) is 12.4. The molecule has 1 aliphatic heterocycles. The lowest BCUT2D eigenvalue weighted by atomic mass is 9.92. The van der Waals surface area contributed by atoms with Gasteiger partial charge >= 0.3 is 0 Å². The molecule has 0 saturated carbocycles. The summed E-state index contributed by atoms with van der Waals surface area (Å²) in [5.74, 6) is 0.970. The van der Waals surface area contributed by atoms with E-state index in [-0.39, 0.29) is 0 Å². The quantitative estimate of drug-likeness (QED) is 0.756. The minimum Gasteiger partial charge on any atom is -0.338 e. The predicted molar refractivity (Wildman–Crippen MR) is 112 cm³/mol. The standard InChI is InChI=1S/C22H28ClN3/c1-22(2,3)13-14-26-20(15-17-7-5-4-6-8-17)16-24-21(26)25-19-11-9-18(23)10-12-19/h4-12,20H,13-16H2,1-3H3,(H,24,25)/t20-/m0/s1. The Bertz CT molecular complexity index is 732. The molecule has 0 unspecified atom stereocenters. The topological polar surface area (TPSA) is 27.6 Å². The zero-order chi connectivity index (χ0) is 18.6. The Morgan fingerprint density at radius 3 is 2.42 bits per heavy atom. The molecule has 1 atom stereocenters. The predicted octanol–water partition coefficient (Wildman–Crippen LogP) is 5.47. The zero-order valence-electron chi connectivity index (χ0n) is 15.9. The fourth-order valence-electron chi connectivity index (χ4n) is 3.13. The number of anilines is 1. The van der Waals surface area contributed by atoms with Crippen LogP contribution in [0.2, 0.25) is 5.02 Å². The Morgan fingerprint density at radius 2 is 1.77 bits per heavy atom. The summed E-state index contributed by atoms with van der Waals surface area (Å²) in [6.45, 7) is 8.70. The van der Waals surface area contributed by atoms with Gasteiger partial charge in [-0.1, -0.05) is 62.7 Å². The van der Waals surface area contributed by atoms with Crippen molar-refractivity contribution in [2.45, 2.75) is 39.7 Å². The van der Waals surface area contributed by atoms with Crippen LogP contribution >= 0.6 is 11.6 Å². The molecular formula is C22H28ClN3. The average Bonchev–Trinajstić information content (AvgIpc) is 2.97. The van der Waals surface area contributed by atoms with Gasteiger partial charge < -0.3 is 10.2 Å². The van der Waals surface area contributed by atoms with Gasteiger partial charge in [-0.3, -0.25) is 4.99 Å². The molecule has 0 fully saturated rings. The first-order valence-electron chi connectivity index (χ1n) is 9.28. The summed E-state index contributed by atoms with van der Waals surface area (Å²) in [5.41, 5.74) is 2.68. The van der Waals surface area contributed by atoms with Crippen molar-refractivity contribution in [1.29, 1.82) is 0 Å². The smallest absolute Gasteiger partial charge is 0.198 e. The van der Waals surface area contributed by atoms with Crippen molar-refractivity contribution in [3.8, 4) is 0 Å². The molecule has 0 aliphatic carbocycles. The Labute approximate surface area is 162 Å². The highest BCUT2D eigenvalue weighted by Crippen LogP contribution is 2.24. The zero-order valence-corrected chi connectivity index (χ0v) is 16.6. The van der Waals surface area contributed by atoms with Gasteiger partial charge in [0, 0.05) is 17.3 Å². The molecule has 138 valence electrons. The second-order valence-electron chi connectivity index (χ2n) is 8.14. The maximum atomic E-state index is 6.00. The van der Waals surface area contributed by atoms with Crippen LogP contribution in [-0.4, -0.2) is 30.0 Å². The summed E-state index contributed by atoms with van der Waals surface area (Å²) in [5, 5.41) is 4.23. The minimum absolute atomic E-state index is 0.297. The molecule has 4 heteroatoms. The van der Waals surface area contributed by atoms with E-state index in [0.29, 0.717) is 11.5 Å². The molecule has 1 aliphatic rings. The maximum absolute atomic E-state index is 6.00. The third kappa shape index (κ3) is 5.25. The van der Waals surface area contributed by atoms with Crippen molar-refractivity contribution < 1.29 is 0 Å². The van der Waals surface area contributed by atoms with Crippen molar-refractivity contribution >= 4 is 23.2 Å². The van der Waals surface area contributed by atoms with E-state index in [9.17, 15) is 0 Å². The summed E-state index contributed by atoms with van der Waals surface area (Å²) in [4.78, 5) is 7.25. The van der Waals surface area contributed by atoms with Crippen molar-refractivity contribution in [1.82, 2.24) is 4.90 Å². The molecule has 0 amide bonds. The molecule has 2 aromatic rings. The summed E-state index contributed by atoms with van der Waals surface area (Å²) in [6, 6.07) is 18.9. The molecule has 0 spiro atoms. The lowest BCUT2D eigenvalue weighted by Gasteiger charge is -2.31. The maximum Gasteiger partial charge on any atom is 0.198 e.